The largest absolute Gasteiger partial charge is 0.282 e. The summed E-state index contributed by atoms with van der Waals surface area (Å²) in [7, 11) is 0. The summed E-state index contributed by atoms with van der Waals surface area (Å²) >= 11 is 0. The molecular formula is C6H6F2N2. The van der Waals surface area contributed by atoms with Crippen LogP contribution in [0.2, 0.25) is 0 Å². The molecule has 0 spiro atoms. The third-order valence-electron chi connectivity index (χ3n) is 1.13. The molecule has 0 saturated heterocycles. The molecule has 0 atom stereocenters. The molecule has 10 heavy (non-hydrogen) atoms. The second-order valence-electron chi connectivity index (χ2n) is 1.83. The van der Waals surface area contributed by atoms with E-state index < -0.39 is 6.43 Å². The molecule has 0 bridgehead atoms. The summed E-state index contributed by atoms with van der Waals surface area (Å²) < 4.78 is 23.9. The second kappa shape index (κ2) is 2.68. The second-order valence-corrected chi connectivity index (χ2v) is 1.83. The number of hydrogen-bond acceptors (Lipinski definition) is 2. The number of rotatable bonds is 1. The Morgan fingerprint density at radius 1 is 1.30 bits per heavy atom. The lowest BCUT2D eigenvalue weighted by Crippen LogP contribution is -1.95. The van der Waals surface area contributed by atoms with Gasteiger partial charge in [0.25, 0.3) is 6.43 Å². The average molecular weight is 144 g/mol. The van der Waals surface area contributed by atoms with Crippen LogP contribution in [0.5, 0.6) is 0 Å². The summed E-state index contributed by atoms with van der Waals surface area (Å²) in [6.45, 7) is 1.51. The summed E-state index contributed by atoms with van der Waals surface area (Å²) in [5, 5.41) is 0. The number of halogens is 2. The maximum absolute atomic E-state index is 11.9. The van der Waals surface area contributed by atoms with Crippen LogP contribution < -0.4 is 0 Å². The van der Waals surface area contributed by atoms with E-state index in [-0.39, 0.29) is 11.4 Å². The van der Waals surface area contributed by atoms with Crippen LogP contribution in [0.4, 0.5) is 8.78 Å². The van der Waals surface area contributed by atoms with Crippen molar-refractivity contribution in [1.29, 1.82) is 0 Å². The van der Waals surface area contributed by atoms with Crippen LogP contribution in [0.3, 0.4) is 0 Å². The Kier molecular flexibility index (Phi) is 1.89. The summed E-state index contributed by atoms with van der Waals surface area (Å²) in [4.78, 5) is 7.12. The quantitative estimate of drug-likeness (QED) is 0.599. The predicted octanol–water partition coefficient (Wildman–Crippen LogP) is 1.72. The smallest absolute Gasteiger partial charge is 0.258 e. The van der Waals surface area contributed by atoms with Crippen LogP contribution in [0, 0.1) is 6.92 Å². The first kappa shape index (κ1) is 7.05. The van der Waals surface area contributed by atoms with Gasteiger partial charge in [0, 0.05) is 12.4 Å². The van der Waals surface area contributed by atoms with Crippen LogP contribution in [-0.2, 0) is 0 Å². The highest BCUT2D eigenvalue weighted by atomic mass is 19.3. The van der Waals surface area contributed by atoms with Crippen LogP contribution in [0.15, 0.2) is 12.4 Å². The third-order valence-corrected chi connectivity index (χ3v) is 1.13. The monoisotopic (exact) mass is 144 g/mol. The highest BCUT2D eigenvalue weighted by molar-refractivity contribution is 5.08. The molecule has 4 heteroatoms. The van der Waals surface area contributed by atoms with Gasteiger partial charge in [0.05, 0.1) is 5.69 Å². The zero-order chi connectivity index (χ0) is 7.56. The lowest BCUT2D eigenvalue weighted by atomic mass is 10.3. The fourth-order valence-electron chi connectivity index (χ4n) is 0.633. The standard InChI is InChI=1S/C6H6F2N2/c1-4-5(6(7)8)10-3-2-9-4/h2-3,6H,1H3. The fraction of sp³-hybridized carbons (Fsp3) is 0.333. The summed E-state index contributed by atoms with van der Waals surface area (Å²) in [6, 6.07) is 0. The first-order valence-electron chi connectivity index (χ1n) is 2.77. The molecule has 0 aliphatic carbocycles. The van der Waals surface area contributed by atoms with Gasteiger partial charge in [-0.1, -0.05) is 0 Å². The van der Waals surface area contributed by atoms with Crippen molar-refractivity contribution < 1.29 is 8.78 Å². The molecule has 2 nitrogen and oxygen atoms in total. The van der Waals surface area contributed by atoms with Crippen LogP contribution in [0.25, 0.3) is 0 Å². The Morgan fingerprint density at radius 2 is 1.90 bits per heavy atom. The minimum absolute atomic E-state index is 0.234. The van der Waals surface area contributed by atoms with Gasteiger partial charge in [-0.05, 0) is 6.92 Å². The molecule has 1 heterocycles. The van der Waals surface area contributed by atoms with Crippen molar-refractivity contribution in [3.8, 4) is 0 Å². The highest BCUT2D eigenvalue weighted by Crippen LogP contribution is 2.16. The molecule has 1 rings (SSSR count). The van der Waals surface area contributed by atoms with Gasteiger partial charge in [-0.2, -0.15) is 0 Å². The minimum Gasteiger partial charge on any atom is -0.258 e. The van der Waals surface area contributed by atoms with Gasteiger partial charge in [0.1, 0.15) is 5.69 Å². The van der Waals surface area contributed by atoms with Gasteiger partial charge in [-0.25, -0.2) is 8.78 Å². The van der Waals surface area contributed by atoms with Crippen molar-refractivity contribution in [3.05, 3.63) is 23.8 Å². The van der Waals surface area contributed by atoms with Crippen molar-refractivity contribution in [3.63, 3.8) is 0 Å². The fourth-order valence-corrected chi connectivity index (χ4v) is 0.633. The third kappa shape index (κ3) is 1.26. The molecule has 54 valence electrons. The molecule has 0 unspecified atom stereocenters. The molecular weight excluding hydrogens is 138 g/mol. The average Bonchev–Trinajstić information content (AvgIpc) is 1.88. The van der Waals surface area contributed by atoms with Gasteiger partial charge in [-0.15, -0.1) is 0 Å². The first-order valence-corrected chi connectivity index (χ1v) is 2.77. The van der Waals surface area contributed by atoms with E-state index in [1.807, 2.05) is 0 Å². The summed E-state index contributed by atoms with van der Waals surface area (Å²) in [5.41, 5.74) is 0.0556. The number of alkyl halides is 2. The van der Waals surface area contributed by atoms with Crippen molar-refractivity contribution >= 4 is 0 Å². The Labute approximate surface area is 56.9 Å². The van der Waals surface area contributed by atoms with Gasteiger partial charge in [0.2, 0.25) is 0 Å². The van der Waals surface area contributed by atoms with E-state index in [0.29, 0.717) is 0 Å². The van der Waals surface area contributed by atoms with Crippen LogP contribution in [0.1, 0.15) is 17.8 Å². The molecule has 0 amide bonds. The van der Waals surface area contributed by atoms with Gasteiger partial charge in [-0.3, -0.25) is 9.97 Å². The zero-order valence-corrected chi connectivity index (χ0v) is 5.38. The summed E-state index contributed by atoms with van der Waals surface area (Å²) in [6.07, 6.45) is 0.129. The highest BCUT2D eigenvalue weighted by Gasteiger charge is 2.11. The molecule has 0 radical (unpaired) electrons. The van der Waals surface area contributed by atoms with Crippen LogP contribution >= 0.6 is 0 Å². The molecule has 1 aromatic rings. The van der Waals surface area contributed by atoms with E-state index in [2.05, 4.69) is 9.97 Å². The molecule has 0 aromatic carbocycles. The van der Waals surface area contributed by atoms with E-state index in [1.54, 1.807) is 0 Å². The van der Waals surface area contributed by atoms with Gasteiger partial charge < -0.3 is 0 Å². The first-order chi connectivity index (χ1) is 4.72. The number of nitrogens with zero attached hydrogens (tertiary/aromatic N) is 2. The molecule has 0 fully saturated rings. The van der Waals surface area contributed by atoms with E-state index in [4.69, 9.17) is 0 Å². The topological polar surface area (TPSA) is 25.8 Å². The molecule has 0 N–H and O–H groups in total. The van der Waals surface area contributed by atoms with Crippen LogP contribution in [-0.4, -0.2) is 9.97 Å². The van der Waals surface area contributed by atoms with E-state index in [0.717, 1.165) is 0 Å². The minimum atomic E-state index is -2.52. The number of hydrogen-bond donors (Lipinski definition) is 0. The van der Waals surface area contributed by atoms with Crippen molar-refractivity contribution in [2.24, 2.45) is 0 Å². The zero-order valence-electron chi connectivity index (χ0n) is 5.38. The number of aromatic nitrogens is 2. The predicted molar refractivity (Wildman–Crippen MR) is 31.7 cm³/mol. The Morgan fingerprint density at radius 3 is 2.30 bits per heavy atom. The normalized spacial score (nSPS) is 10.4. The maximum atomic E-state index is 11.9. The Hall–Kier alpha value is -1.06. The Balaban J connectivity index is 3.03. The lowest BCUT2D eigenvalue weighted by Gasteiger charge is -1.99. The van der Waals surface area contributed by atoms with Crippen molar-refractivity contribution in [2.75, 3.05) is 0 Å². The molecule has 0 aliphatic heterocycles. The SMILES string of the molecule is Cc1nccnc1C(F)F. The Bertz CT molecular complexity index is 225. The van der Waals surface area contributed by atoms with Crippen molar-refractivity contribution in [2.45, 2.75) is 13.3 Å². The van der Waals surface area contributed by atoms with Crippen molar-refractivity contribution in [1.82, 2.24) is 9.97 Å². The van der Waals surface area contributed by atoms with E-state index >= 15 is 0 Å². The number of aryl methyl sites for hydroxylation is 1. The lowest BCUT2D eigenvalue weighted by molar-refractivity contribution is 0.144. The van der Waals surface area contributed by atoms with E-state index in [1.165, 1.54) is 19.3 Å². The summed E-state index contributed by atoms with van der Waals surface area (Å²) in [5.74, 6) is 0. The maximum Gasteiger partial charge on any atom is 0.282 e. The molecule has 0 saturated carbocycles. The molecule has 1 aromatic heterocycles. The van der Waals surface area contributed by atoms with Gasteiger partial charge >= 0.3 is 0 Å². The van der Waals surface area contributed by atoms with Gasteiger partial charge in [0.15, 0.2) is 0 Å². The van der Waals surface area contributed by atoms with E-state index in [9.17, 15) is 8.78 Å². The molecule has 0 aliphatic rings.